The Morgan fingerprint density at radius 3 is 2.33 bits per heavy atom. The van der Waals surface area contributed by atoms with E-state index in [2.05, 4.69) is 18.1 Å². The molecule has 3 rings (SSSR count). The van der Waals surface area contributed by atoms with Gasteiger partial charge in [0.25, 0.3) is 0 Å². The zero-order valence-corrected chi connectivity index (χ0v) is 17.7. The summed E-state index contributed by atoms with van der Waals surface area (Å²) in [5.74, 6) is -0.255. The van der Waals surface area contributed by atoms with Gasteiger partial charge in [0.1, 0.15) is 22.4 Å². The monoisotopic (exact) mass is 437 g/mol. The van der Waals surface area contributed by atoms with Crippen LogP contribution in [0.2, 0.25) is 0 Å². The lowest BCUT2D eigenvalue weighted by atomic mass is 10.1. The van der Waals surface area contributed by atoms with Gasteiger partial charge in [-0.05, 0) is 36.4 Å². The lowest BCUT2D eigenvalue weighted by molar-refractivity contribution is 0.474. The molecule has 0 aliphatic carbocycles. The summed E-state index contributed by atoms with van der Waals surface area (Å²) in [6, 6.07) is 15.2. The summed E-state index contributed by atoms with van der Waals surface area (Å²) in [7, 11) is -3.75. The number of nitriles is 1. The predicted octanol–water partition coefficient (Wildman–Crippen LogP) is 4.61. The van der Waals surface area contributed by atoms with E-state index in [1.54, 1.807) is 0 Å². The Hall–Kier alpha value is -3.25. The number of nitrogens with zero attached hydrogens (tertiary/aromatic N) is 3. The van der Waals surface area contributed by atoms with Gasteiger partial charge in [-0.1, -0.05) is 24.3 Å². The number of hydrogen-bond acceptors (Lipinski definition) is 6. The topological polar surface area (TPSA) is 94.3 Å². The smallest absolute Gasteiger partial charge is 0.243 e. The van der Waals surface area contributed by atoms with Crippen molar-refractivity contribution in [2.45, 2.75) is 4.90 Å². The summed E-state index contributed by atoms with van der Waals surface area (Å²) in [6.07, 6.45) is 3.00. The fraction of sp³-hybridized carbons (Fsp3) is 0.0909. The molecule has 152 valence electrons. The highest BCUT2D eigenvalue weighted by Gasteiger charge is 2.23. The molecule has 0 spiro atoms. The fourth-order valence-corrected chi connectivity index (χ4v) is 5.16. The number of para-hydroxylation sites is 1. The molecular weight excluding hydrogens is 418 g/mol. The van der Waals surface area contributed by atoms with Crippen molar-refractivity contribution in [3.05, 3.63) is 84.4 Å². The Bertz CT molecular complexity index is 1220. The zero-order chi connectivity index (χ0) is 21.7. The van der Waals surface area contributed by atoms with E-state index in [0.717, 1.165) is 10.2 Å². The summed E-state index contributed by atoms with van der Waals surface area (Å²) in [6.45, 7) is 7.47. The number of aromatic nitrogens is 1. The molecule has 1 N–H and O–H groups in total. The van der Waals surface area contributed by atoms with Crippen molar-refractivity contribution < 1.29 is 13.5 Å². The Kier molecular flexibility index (Phi) is 6.47. The van der Waals surface area contributed by atoms with Crippen LogP contribution in [-0.2, 0) is 10.0 Å². The van der Waals surface area contributed by atoms with Crippen LogP contribution in [0.15, 0.2) is 78.7 Å². The summed E-state index contributed by atoms with van der Waals surface area (Å²) in [5, 5.41) is 20.7. The second-order valence-corrected chi connectivity index (χ2v) is 9.21. The normalized spacial score (nSPS) is 12.4. The van der Waals surface area contributed by atoms with E-state index < -0.39 is 10.0 Å². The summed E-state index contributed by atoms with van der Waals surface area (Å²) in [5.41, 5.74) is 1.10. The number of thiazole rings is 1. The zero-order valence-electron chi connectivity index (χ0n) is 16.0. The van der Waals surface area contributed by atoms with Gasteiger partial charge < -0.3 is 5.11 Å². The van der Waals surface area contributed by atoms with Crippen LogP contribution < -0.4 is 0 Å². The van der Waals surface area contributed by atoms with E-state index in [4.69, 9.17) is 0 Å². The van der Waals surface area contributed by atoms with Crippen LogP contribution in [0.4, 0.5) is 0 Å². The van der Waals surface area contributed by atoms with E-state index in [9.17, 15) is 18.8 Å². The van der Waals surface area contributed by atoms with E-state index in [-0.39, 0.29) is 29.3 Å². The highest BCUT2D eigenvalue weighted by molar-refractivity contribution is 7.89. The molecule has 2 aromatic carbocycles. The molecular formula is C22H19N3O3S2. The van der Waals surface area contributed by atoms with Gasteiger partial charge >= 0.3 is 0 Å². The molecule has 30 heavy (non-hydrogen) atoms. The first kappa shape index (κ1) is 21.5. The average molecular weight is 438 g/mol. The molecule has 8 heteroatoms. The van der Waals surface area contributed by atoms with E-state index in [1.165, 1.54) is 52.1 Å². The molecule has 0 radical (unpaired) electrons. The van der Waals surface area contributed by atoms with Gasteiger partial charge in [0, 0.05) is 18.7 Å². The second-order valence-electron chi connectivity index (χ2n) is 6.25. The second kappa shape index (κ2) is 9.05. The summed E-state index contributed by atoms with van der Waals surface area (Å²) < 4.78 is 27.7. The predicted molar refractivity (Wildman–Crippen MR) is 120 cm³/mol. The molecule has 0 amide bonds. The molecule has 0 saturated carbocycles. The van der Waals surface area contributed by atoms with E-state index in [1.807, 2.05) is 30.3 Å². The van der Waals surface area contributed by atoms with Crippen LogP contribution in [0, 0.1) is 11.3 Å². The van der Waals surface area contributed by atoms with Gasteiger partial charge in [0.05, 0.1) is 15.1 Å². The van der Waals surface area contributed by atoms with E-state index in [0.29, 0.717) is 10.6 Å². The van der Waals surface area contributed by atoms with Crippen molar-refractivity contribution in [3.8, 4) is 6.07 Å². The number of aliphatic hydroxyl groups is 1. The Labute approximate surface area is 179 Å². The van der Waals surface area contributed by atoms with Crippen molar-refractivity contribution in [3.63, 3.8) is 0 Å². The lowest BCUT2D eigenvalue weighted by Gasteiger charge is -2.19. The number of allylic oxidation sites excluding steroid dienone is 1. The molecule has 0 atom stereocenters. The Morgan fingerprint density at radius 1 is 1.13 bits per heavy atom. The SMILES string of the molecule is C=CCN(CC=C)S(=O)(=O)c1ccc(C(O)=C(C#N)c2nc3ccccc3s2)cc1. The lowest BCUT2D eigenvalue weighted by Crippen LogP contribution is -2.31. The van der Waals surface area contributed by atoms with Crippen LogP contribution in [-0.4, -0.2) is 35.9 Å². The first-order valence-corrected chi connectivity index (χ1v) is 11.2. The van der Waals surface area contributed by atoms with Gasteiger partial charge in [-0.15, -0.1) is 24.5 Å². The van der Waals surface area contributed by atoms with Crippen molar-refractivity contribution >= 4 is 42.9 Å². The standard InChI is InChI=1S/C22H19N3O3S2/c1-3-13-25(14-4-2)30(27,28)17-11-9-16(10-12-17)21(26)18(15-23)22-24-19-7-5-6-8-20(19)29-22/h3-12,26H,1-2,13-14H2. The number of hydrogen-bond donors (Lipinski definition) is 1. The van der Waals surface area contributed by atoms with Crippen LogP contribution in [0.1, 0.15) is 10.6 Å². The summed E-state index contributed by atoms with van der Waals surface area (Å²) in [4.78, 5) is 4.48. The minimum atomic E-state index is -3.75. The Balaban J connectivity index is 1.98. The largest absolute Gasteiger partial charge is 0.506 e. The minimum Gasteiger partial charge on any atom is -0.506 e. The number of aliphatic hydroxyl groups excluding tert-OH is 1. The van der Waals surface area contributed by atoms with Crippen molar-refractivity contribution in [2.75, 3.05) is 13.1 Å². The summed E-state index contributed by atoms with van der Waals surface area (Å²) >= 11 is 1.30. The van der Waals surface area contributed by atoms with Gasteiger partial charge in [-0.2, -0.15) is 9.57 Å². The molecule has 1 heterocycles. The number of rotatable bonds is 8. The molecule has 0 saturated heterocycles. The van der Waals surface area contributed by atoms with Gasteiger partial charge in [0.2, 0.25) is 10.0 Å². The molecule has 0 bridgehead atoms. The third kappa shape index (κ3) is 4.19. The maximum absolute atomic E-state index is 12.8. The molecule has 1 aromatic heterocycles. The fourth-order valence-electron chi connectivity index (χ4n) is 2.82. The number of fused-ring (bicyclic) bond motifs is 1. The first-order valence-electron chi connectivity index (χ1n) is 8.94. The Morgan fingerprint density at radius 2 is 1.77 bits per heavy atom. The van der Waals surface area contributed by atoms with Crippen LogP contribution in [0.3, 0.4) is 0 Å². The molecule has 0 unspecified atom stereocenters. The molecule has 0 aliphatic rings. The van der Waals surface area contributed by atoms with Crippen molar-refractivity contribution in [1.82, 2.24) is 9.29 Å². The number of benzene rings is 2. The van der Waals surface area contributed by atoms with E-state index >= 15 is 0 Å². The van der Waals surface area contributed by atoms with Crippen LogP contribution in [0.25, 0.3) is 21.5 Å². The van der Waals surface area contributed by atoms with Gasteiger partial charge in [0.15, 0.2) is 0 Å². The van der Waals surface area contributed by atoms with Gasteiger partial charge in [-0.25, -0.2) is 13.4 Å². The maximum Gasteiger partial charge on any atom is 0.243 e. The number of sulfonamides is 1. The molecule has 0 fully saturated rings. The molecule has 6 nitrogen and oxygen atoms in total. The molecule has 0 aliphatic heterocycles. The maximum atomic E-state index is 12.8. The first-order chi connectivity index (χ1) is 14.4. The quantitative estimate of drug-likeness (QED) is 0.315. The van der Waals surface area contributed by atoms with Crippen molar-refractivity contribution in [1.29, 1.82) is 5.26 Å². The van der Waals surface area contributed by atoms with Crippen LogP contribution >= 0.6 is 11.3 Å². The third-order valence-corrected chi connectivity index (χ3v) is 7.19. The highest BCUT2D eigenvalue weighted by Crippen LogP contribution is 2.31. The molecule has 3 aromatic rings. The van der Waals surface area contributed by atoms with Crippen LogP contribution in [0.5, 0.6) is 0 Å². The highest BCUT2D eigenvalue weighted by atomic mass is 32.2. The van der Waals surface area contributed by atoms with Gasteiger partial charge in [-0.3, -0.25) is 0 Å². The van der Waals surface area contributed by atoms with Crippen molar-refractivity contribution in [2.24, 2.45) is 0 Å². The average Bonchev–Trinajstić information content (AvgIpc) is 3.18. The third-order valence-electron chi connectivity index (χ3n) is 4.29. The minimum absolute atomic E-state index is 0.0340.